The number of hydrogen-bond donors (Lipinski definition) is 0. The first-order valence-electron chi connectivity index (χ1n) is 11.8. The Balaban J connectivity index is 1.51. The van der Waals surface area contributed by atoms with E-state index in [-0.39, 0.29) is 17.3 Å². The van der Waals surface area contributed by atoms with Gasteiger partial charge in [0.05, 0.1) is 11.4 Å². The number of benzene rings is 2. The number of carbonyl (C=O) groups excluding carboxylic acids is 2. The van der Waals surface area contributed by atoms with Gasteiger partial charge in [0.1, 0.15) is 6.04 Å². The molecular weight excluding hydrogens is 579 g/mol. The van der Waals surface area contributed by atoms with Gasteiger partial charge in [0, 0.05) is 42.8 Å². The van der Waals surface area contributed by atoms with E-state index in [0.29, 0.717) is 39.1 Å². The molecule has 0 spiro atoms. The Hall–Kier alpha value is -2.34. The molecule has 2 fully saturated rings. The number of anilines is 1. The van der Waals surface area contributed by atoms with Crippen LogP contribution in [0.15, 0.2) is 53.4 Å². The number of amides is 3. The van der Waals surface area contributed by atoms with E-state index < -0.39 is 22.1 Å². The summed E-state index contributed by atoms with van der Waals surface area (Å²) in [4.78, 5) is 32.4. The van der Waals surface area contributed by atoms with Crippen molar-refractivity contribution in [2.24, 2.45) is 0 Å². The van der Waals surface area contributed by atoms with Crippen LogP contribution in [-0.4, -0.2) is 84.2 Å². The molecule has 10 heteroatoms. The first-order valence-corrected chi connectivity index (χ1v) is 14.8. The van der Waals surface area contributed by atoms with Gasteiger partial charge in [0.2, 0.25) is 5.91 Å². The summed E-state index contributed by atoms with van der Waals surface area (Å²) in [7, 11) is -4.04. The summed E-state index contributed by atoms with van der Waals surface area (Å²) in [5, 5.41) is 0. The van der Waals surface area contributed by atoms with Crippen LogP contribution in [0.1, 0.15) is 17.5 Å². The van der Waals surface area contributed by atoms with Crippen molar-refractivity contribution in [2.45, 2.75) is 31.2 Å². The highest BCUT2D eigenvalue weighted by Gasteiger charge is 2.48. The molecule has 0 bridgehead atoms. The first-order chi connectivity index (χ1) is 16.7. The molecule has 0 unspecified atom stereocenters. The van der Waals surface area contributed by atoms with Crippen LogP contribution in [-0.2, 0) is 14.8 Å². The van der Waals surface area contributed by atoms with Crippen LogP contribution in [0, 0.1) is 13.8 Å². The Labute approximate surface area is 221 Å². The molecule has 2 saturated heterocycles. The molecule has 2 aliphatic rings. The highest BCUT2D eigenvalue weighted by Crippen LogP contribution is 2.27. The summed E-state index contributed by atoms with van der Waals surface area (Å²) in [6, 6.07) is 12.9. The number of rotatable bonds is 7. The van der Waals surface area contributed by atoms with Gasteiger partial charge in [-0.25, -0.2) is 17.5 Å². The molecule has 2 aromatic carbocycles. The highest BCUT2D eigenvalue weighted by molar-refractivity contribution is 14.1. The third-order valence-corrected chi connectivity index (χ3v) is 9.14. The van der Waals surface area contributed by atoms with Gasteiger partial charge in [-0.2, -0.15) is 0 Å². The summed E-state index contributed by atoms with van der Waals surface area (Å²) in [5.74, 6) is -0.182. The molecule has 0 radical (unpaired) electrons. The van der Waals surface area contributed by atoms with E-state index in [0.717, 1.165) is 8.73 Å². The predicted octanol–water partition coefficient (Wildman–Crippen LogP) is 3.27. The molecule has 1 atom stereocenters. The average Bonchev–Trinajstić information content (AvgIpc) is 3.21. The third-order valence-electron chi connectivity index (χ3n) is 6.62. The third kappa shape index (κ3) is 5.28. The summed E-state index contributed by atoms with van der Waals surface area (Å²) in [5.41, 5.74) is 3.57. The molecule has 0 N–H and O–H groups in total. The maximum Gasteiger partial charge on any atom is 0.334 e. The standard InChI is InChI=1S/C25H31IN4O4S/c1-19-9-10-20(2)22(17-19)27-13-15-28(16-14-27)24(31)23-18-30(25(32)29(23)12-6-11-26)35(33,34)21-7-4-3-5-8-21/h3-5,7-10,17,23H,6,11-16,18H2,1-2H3/t23-/m0/s1. The minimum atomic E-state index is -4.04. The van der Waals surface area contributed by atoms with E-state index in [4.69, 9.17) is 0 Å². The van der Waals surface area contributed by atoms with Crippen LogP contribution < -0.4 is 4.90 Å². The van der Waals surface area contributed by atoms with Crippen LogP contribution in [0.2, 0.25) is 0 Å². The van der Waals surface area contributed by atoms with Gasteiger partial charge in [0.15, 0.2) is 0 Å². The zero-order valence-corrected chi connectivity index (χ0v) is 23.0. The zero-order valence-electron chi connectivity index (χ0n) is 20.1. The van der Waals surface area contributed by atoms with E-state index in [1.54, 1.807) is 23.1 Å². The molecule has 3 amide bonds. The van der Waals surface area contributed by atoms with Crippen LogP contribution in [0.25, 0.3) is 0 Å². The van der Waals surface area contributed by atoms with Crippen molar-refractivity contribution in [2.75, 3.05) is 48.6 Å². The Morgan fingerprint density at radius 2 is 1.71 bits per heavy atom. The smallest absolute Gasteiger partial charge is 0.334 e. The lowest BCUT2D eigenvalue weighted by molar-refractivity contribution is -0.135. The second-order valence-electron chi connectivity index (χ2n) is 8.99. The number of sulfonamides is 1. The summed E-state index contributed by atoms with van der Waals surface area (Å²) in [6.07, 6.45) is 0.690. The number of aryl methyl sites for hydroxylation is 2. The number of carbonyl (C=O) groups is 2. The van der Waals surface area contributed by atoms with Crippen molar-refractivity contribution in [1.29, 1.82) is 0 Å². The average molecular weight is 611 g/mol. The minimum absolute atomic E-state index is 0.0532. The van der Waals surface area contributed by atoms with Gasteiger partial charge in [-0.1, -0.05) is 52.9 Å². The second kappa shape index (κ2) is 10.7. The topological polar surface area (TPSA) is 81.2 Å². The number of hydrogen-bond acceptors (Lipinski definition) is 5. The maximum atomic E-state index is 13.6. The number of halogens is 1. The Kier molecular flexibility index (Phi) is 7.89. The van der Waals surface area contributed by atoms with E-state index in [1.165, 1.54) is 33.8 Å². The van der Waals surface area contributed by atoms with Crippen molar-refractivity contribution in [3.63, 3.8) is 0 Å². The van der Waals surface area contributed by atoms with Gasteiger partial charge < -0.3 is 14.7 Å². The largest absolute Gasteiger partial charge is 0.368 e. The molecule has 2 aromatic rings. The van der Waals surface area contributed by atoms with E-state index in [1.807, 2.05) is 0 Å². The molecular formula is C25H31IN4O4S. The van der Waals surface area contributed by atoms with Gasteiger partial charge in [0.25, 0.3) is 10.0 Å². The highest BCUT2D eigenvalue weighted by atomic mass is 127. The Morgan fingerprint density at radius 3 is 2.37 bits per heavy atom. The van der Waals surface area contributed by atoms with Crippen molar-refractivity contribution < 1.29 is 18.0 Å². The van der Waals surface area contributed by atoms with E-state index in [9.17, 15) is 18.0 Å². The fraction of sp³-hybridized carbons (Fsp3) is 0.440. The fourth-order valence-corrected chi connectivity index (χ4v) is 6.41. The van der Waals surface area contributed by atoms with Crippen LogP contribution in [0.5, 0.6) is 0 Å². The van der Waals surface area contributed by atoms with Crippen molar-refractivity contribution >= 4 is 50.2 Å². The summed E-state index contributed by atoms with van der Waals surface area (Å²) < 4.78 is 28.1. The number of urea groups is 1. The minimum Gasteiger partial charge on any atom is -0.368 e. The van der Waals surface area contributed by atoms with Gasteiger partial charge >= 0.3 is 6.03 Å². The molecule has 0 saturated carbocycles. The molecule has 188 valence electrons. The number of nitrogens with zero attached hydrogens (tertiary/aromatic N) is 4. The lowest BCUT2D eigenvalue weighted by Crippen LogP contribution is -2.55. The van der Waals surface area contributed by atoms with Crippen LogP contribution >= 0.6 is 22.6 Å². The monoisotopic (exact) mass is 610 g/mol. The lowest BCUT2D eigenvalue weighted by Gasteiger charge is -2.38. The van der Waals surface area contributed by atoms with Crippen molar-refractivity contribution in [1.82, 2.24) is 14.1 Å². The lowest BCUT2D eigenvalue weighted by atomic mass is 10.1. The van der Waals surface area contributed by atoms with Crippen molar-refractivity contribution in [3.05, 3.63) is 59.7 Å². The van der Waals surface area contributed by atoms with E-state index in [2.05, 4.69) is 59.5 Å². The van der Waals surface area contributed by atoms with Gasteiger partial charge in [-0.15, -0.1) is 0 Å². The number of alkyl halides is 1. The van der Waals surface area contributed by atoms with Crippen LogP contribution in [0.3, 0.4) is 0 Å². The van der Waals surface area contributed by atoms with Gasteiger partial charge in [-0.3, -0.25) is 4.79 Å². The quantitative estimate of drug-likeness (QED) is 0.355. The van der Waals surface area contributed by atoms with Gasteiger partial charge in [-0.05, 0) is 49.6 Å². The molecule has 8 nitrogen and oxygen atoms in total. The summed E-state index contributed by atoms with van der Waals surface area (Å²) in [6.45, 7) is 6.79. The molecule has 4 rings (SSSR count). The van der Waals surface area contributed by atoms with Crippen molar-refractivity contribution in [3.8, 4) is 0 Å². The molecule has 2 aliphatic heterocycles. The molecule has 0 aliphatic carbocycles. The Morgan fingerprint density at radius 1 is 1.03 bits per heavy atom. The predicted molar refractivity (Wildman–Crippen MR) is 144 cm³/mol. The van der Waals surface area contributed by atoms with E-state index >= 15 is 0 Å². The maximum absolute atomic E-state index is 13.6. The second-order valence-corrected chi connectivity index (χ2v) is 11.9. The summed E-state index contributed by atoms with van der Waals surface area (Å²) >= 11 is 2.22. The fourth-order valence-electron chi connectivity index (χ4n) is 4.66. The molecule has 2 heterocycles. The van der Waals surface area contributed by atoms with Crippen LogP contribution in [0.4, 0.5) is 10.5 Å². The normalized spacial score (nSPS) is 18.9. The number of piperazine rings is 1. The SMILES string of the molecule is Cc1ccc(C)c(N2CCN(C(=O)[C@@H]3CN(S(=O)(=O)c4ccccc4)C(=O)N3CCCI)CC2)c1. The zero-order chi connectivity index (χ0) is 25.2. The first kappa shape index (κ1) is 25.7. The molecule has 35 heavy (non-hydrogen) atoms. The molecule has 0 aromatic heterocycles. The Bertz CT molecular complexity index is 1180.